The number of fused-ring (bicyclic) bond motifs is 1. The van der Waals surface area contributed by atoms with E-state index in [1.54, 1.807) is 63.2 Å². The van der Waals surface area contributed by atoms with E-state index in [1.165, 1.54) is 4.90 Å². The molecule has 0 aromatic heterocycles. The molecule has 1 atom stereocenters. The van der Waals surface area contributed by atoms with Crippen molar-refractivity contribution in [3.63, 3.8) is 0 Å². The van der Waals surface area contributed by atoms with Crippen LogP contribution in [0.25, 0.3) is 0 Å². The van der Waals surface area contributed by atoms with Gasteiger partial charge in [-0.05, 0) is 29.8 Å². The number of aliphatic hydroxyl groups is 1. The number of halogens is 1. The third-order valence-electron chi connectivity index (χ3n) is 4.95. The molecule has 0 bridgehead atoms. The first-order valence-corrected chi connectivity index (χ1v) is 9.53. The van der Waals surface area contributed by atoms with Gasteiger partial charge in [0.1, 0.15) is 0 Å². The van der Waals surface area contributed by atoms with Gasteiger partial charge in [-0.2, -0.15) is 0 Å². The Morgan fingerprint density at radius 3 is 2.41 bits per heavy atom. The molecule has 2 heterocycles. The van der Waals surface area contributed by atoms with Gasteiger partial charge in [-0.25, -0.2) is 0 Å². The first-order chi connectivity index (χ1) is 13.7. The van der Waals surface area contributed by atoms with Crippen molar-refractivity contribution in [2.45, 2.75) is 26.8 Å². The second-order valence-electron chi connectivity index (χ2n) is 8.01. The Balaban J connectivity index is 1.87. The van der Waals surface area contributed by atoms with Crippen molar-refractivity contribution >= 4 is 29.0 Å². The number of hydrogen-bond acceptors (Lipinski definition) is 5. The second-order valence-corrected chi connectivity index (χ2v) is 8.44. The molecule has 7 heteroatoms. The van der Waals surface area contributed by atoms with E-state index in [-0.39, 0.29) is 18.1 Å². The molecule has 29 heavy (non-hydrogen) atoms. The van der Waals surface area contributed by atoms with Crippen LogP contribution in [0, 0.1) is 5.41 Å². The van der Waals surface area contributed by atoms with Crippen LogP contribution in [0.4, 0.5) is 5.69 Å². The van der Waals surface area contributed by atoms with Crippen molar-refractivity contribution in [3.8, 4) is 11.5 Å². The van der Waals surface area contributed by atoms with Crippen LogP contribution in [0.15, 0.2) is 53.8 Å². The molecule has 1 unspecified atom stereocenters. The van der Waals surface area contributed by atoms with Crippen molar-refractivity contribution < 1.29 is 24.2 Å². The average molecular weight is 414 g/mol. The lowest BCUT2D eigenvalue weighted by molar-refractivity contribution is -0.123. The van der Waals surface area contributed by atoms with Crippen LogP contribution in [-0.2, 0) is 9.59 Å². The number of ether oxygens (including phenoxy) is 2. The fourth-order valence-corrected chi connectivity index (χ4v) is 3.63. The molecular formula is C22H20ClNO5. The van der Waals surface area contributed by atoms with Gasteiger partial charge in [-0.15, -0.1) is 0 Å². The highest BCUT2D eigenvalue weighted by Crippen LogP contribution is 2.45. The Kier molecular flexibility index (Phi) is 4.54. The van der Waals surface area contributed by atoms with E-state index in [0.717, 1.165) is 0 Å². The van der Waals surface area contributed by atoms with Crippen molar-refractivity contribution in [3.05, 3.63) is 64.4 Å². The first kappa shape index (κ1) is 19.3. The highest BCUT2D eigenvalue weighted by molar-refractivity contribution is 6.30. The third kappa shape index (κ3) is 3.23. The SMILES string of the molecule is CC(C)(C)C(=O)C1=C(O)C(=O)N(c2ccc3c(c2)OCO3)C1c1ccc(Cl)cc1. The normalized spacial score (nSPS) is 18.6. The molecule has 1 amide bonds. The van der Waals surface area contributed by atoms with E-state index in [0.29, 0.717) is 27.8 Å². The van der Waals surface area contributed by atoms with E-state index in [9.17, 15) is 14.7 Å². The third-order valence-corrected chi connectivity index (χ3v) is 5.21. The molecule has 6 nitrogen and oxygen atoms in total. The Morgan fingerprint density at radius 2 is 1.76 bits per heavy atom. The molecule has 2 aliphatic rings. The molecule has 0 saturated carbocycles. The highest BCUT2D eigenvalue weighted by Gasteiger charge is 2.46. The van der Waals surface area contributed by atoms with Crippen LogP contribution in [0.2, 0.25) is 5.02 Å². The summed E-state index contributed by atoms with van der Waals surface area (Å²) in [7, 11) is 0. The van der Waals surface area contributed by atoms with E-state index in [4.69, 9.17) is 21.1 Å². The van der Waals surface area contributed by atoms with Crippen LogP contribution >= 0.6 is 11.6 Å². The zero-order valence-electron chi connectivity index (χ0n) is 16.2. The minimum absolute atomic E-state index is 0.0717. The van der Waals surface area contributed by atoms with Gasteiger partial charge in [0.15, 0.2) is 23.0 Å². The summed E-state index contributed by atoms with van der Waals surface area (Å²) >= 11 is 6.03. The molecule has 2 aliphatic heterocycles. The standard InChI is InChI=1S/C22H20ClNO5/c1-22(2,3)20(26)17-18(12-4-6-13(23)7-5-12)24(21(27)19(17)25)14-8-9-15-16(10-14)29-11-28-15/h4-10,18,25H,11H2,1-3H3. The molecule has 0 saturated heterocycles. The average Bonchev–Trinajstić information content (AvgIpc) is 3.23. The number of amides is 1. The van der Waals surface area contributed by atoms with E-state index >= 15 is 0 Å². The summed E-state index contributed by atoms with van der Waals surface area (Å²) in [6.07, 6.45) is 0. The lowest BCUT2D eigenvalue weighted by Crippen LogP contribution is -2.32. The second kappa shape index (κ2) is 6.81. The Labute approximate surface area is 173 Å². The molecular weight excluding hydrogens is 394 g/mol. The maximum absolute atomic E-state index is 13.2. The Bertz CT molecular complexity index is 1040. The molecule has 2 aromatic carbocycles. The minimum atomic E-state index is -0.785. The number of benzene rings is 2. The number of carbonyl (C=O) groups is 2. The number of hydrogen-bond donors (Lipinski definition) is 1. The van der Waals surface area contributed by atoms with Crippen molar-refractivity contribution in [1.82, 2.24) is 0 Å². The Hall–Kier alpha value is -2.99. The number of rotatable bonds is 3. The van der Waals surface area contributed by atoms with Crippen LogP contribution in [0.5, 0.6) is 11.5 Å². The molecule has 1 N–H and O–H groups in total. The van der Waals surface area contributed by atoms with Crippen molar-refractivity contribution in [2.24, 2.45) is 5.41 Å². The first-order valence-electron chi connectivity index (χ1n) is 9.15. The highest BCUT2D eigenvalue weighted by atomic mass is 35.5. The van der Waals surface area contributed by atoms with E-state index in [2.05, 4.69) is 0 Å². The summed E-state index contributed by atoms with van der Waals surface area (Å²) in [5, 5.41) is 11.2. The predicted molar refractivity (Wildman–Crippen MR) is 108 cm³/mol. The topological polar surface area (TPSA) is 76.1 Å². The molecule has 2 aromatic rings. The lowest BCUT2D eigenvalue weighted by Gasteiger charge is -2.29. The van der Waals surface area contributed by atoms with E-state index < -0.39 is 23.1 Å². The van der Waals surface area contributed by atoms with Gasteiger partial charge in [0.2, 0.25) is 6.79 Å². The number of aliphatic hydroxyl groups excluding tert-OH is 1. The monoisotopic (exact) mass is 413 g/mol. The van der Waals surface area contributed by atoms with Crippen LogP contribution in [0.3, 0.4) is 0 Å². The molecule has 0 fully saturated rings. The van der Waals surface area contributed by atoms with Crippen molar-refractivity contribution in [1.29, 1.82) is 0 Å². The van der Waals surface area contributed by atoms with Gasteiger partial charge in [0.25, 0.3) is 5.91 Å². The minimum Gasteiger partial charge on any atom is -0.503 e. The van der Waals surface area contributed by atoms with Gasteiger partial charge in [-0.1, -0.05) is 44.5 Å². The van der Waals surface area contributed by atoms with Crippen molar-refractivity contribution in [2.75, 3.05) is 11.7 Å². The summed E-state index contributed by atoms with van der Waals surface area (Å²) in [6, 6.07) is 11.1. The van der Waals surface area contributed by atoms with Crippen LogP contribution < -0.4 is 14.4 Å². The smallest absolute Gasteiger partial charge is 0.294 e. The summed E-state index contributed by atoms with van der Waals surface area (Å²) in [6.45, 7) is 5.36. The quantitative estimate of drug-likeness (QED) is 0.796. The number of nitrogens with zero attached hydrogens (tertiary/aromatic N) is 1. The number of Topliss-reactive ketones (excluding diaryl/α,β-unsaturated/α-hetero) is 1. The molecule has 0 spiro atoms. The Morgan fingerprint density at radius 1 is 1.10 bits per heavy atom. The maximum atomic E-state index is 13.2. The number of anilines is 1. The molecule has 4 rings (SSSR count). The molecule has 0 radical (unpaired) electrons. The van der Waals surface area contributed by atoms with Gasteiger partial charge in [0.05, 0.1) is 11.6 Å². The zero-order chi connectivity index (χ0) is 20.9. The summed E-state index contributed by atoms with van der Waals surface area (Å²) < 4.78 is 10.8. The molecule has 0 aliphatic carbocycles. The van der Waals surface area contributed by atoms with Gasteiger partial charge in [-0.3, -0.25) is 14.5 Å². The summed E-state index contributed by atoms with van der Waals surface area (Å²) in [4.78, 5) is 27.6. The van der Waals surface area contributed by atoms with Gasteiger partial charge in [0, 0.05) is 22.2 Å². The predicted octanol–water partition coefficient (Wildman–Crippen LogP) is 4.58. The summed E-state index contributed by atoms with van der Waals surface area (Å²) in [5.74, 6) is -0.405. The zero-order valence-corrected chi connectivity index (χ0v) is 17.0. The maximum Gasteiger partial charge on any atom is 0.294 e. The fraction of sp³-hybridized carbons (Fsp3) is 0.273. The van der Waals surface area contributed by atoms with E-state index in [1.807, 2.05) is 0 Å². The van der Waals surface area contributed by atoms with Gasteiger partial charge < -0.3 is 14.6 Å². The summed E-state index contributed by atoms with van der Waals surface area (Å²) in [5.41, 5.74) is 0.445. The molecule has 150 valence electrons. The van der Waals surface area contributed by atoms with Crippen LogP contribution in [0.1, 0.15) is 32.4 Å². The fourth-order valence-electron chi connectivity index (χ4n) is 3.50. The van der Waals surface area contributed by atoms with Gasteiger partial charge >= 0.3 is 0 Å². The van der Waals surface area contributed by atoms with Crippen LogP contribution in [-0.4, -0.2) is 23.6 Å². The number of carbonyl (C=O) groups excluding carboxylic acids is 2. The largest absolute Gasteiger partial charge is 0.503 e. The number of ketones is 1. The lowest BCUT2D eigenvalue weighted by atomic mass is 9.82.